The van der Waals surface area contributed by atoms with Crippen molar-refractivity contribution >= 4 is 23.4 Å². The standard InChI is InChI=1S/C24H26ClF3N8/c1-15-20(30-7-6-29-15)33-11-23(12-33)13-34(14-23)21-32-31-19-10-35(22(2,3)24(26,27)28)9-16-8-17(25)4-5-18(16)36(19)21/h4-8H,9-14H2,1-3H3. The quantitative estimate of drug-likeness (QED) is 0.519. The van der Waals surface area contributed by atoms with Crippen molar-refractivity contribution in [1.82, 2.24) is 29.6 Å². The topological polar surface area (TPSA) is 66.2 Å². The zero-order valence-corrected chi connectivity index (χ0v) is 21.0. The molecular formula is C24H26ClF3N8. The van der Waals surface area contributed by atoms with Crippen molar-refractivity contribution in [1.29, 1.82) is 0 Å². The molecule has 12 heteroatoms. The maximum absolute atomic E-state index is 14.0. The fraction of sp³-hybridized carbons (Fsp3) is 0.500. The van der Waals surface area contributed by atoms with Crippen LogP contribution in [0.4, 0.5) is 24.9 Å². The van der Waals surface area contributed by atoms with Crippen LogP contribution < -0.4 is 9.80 Å². The van der Waals surface area contributed by atoms with Crippen molar-refractivity contribution in [3.63, 3.8) is 0 Å². The monoisotopic (exact) mass is 518 g/mol. The molecule has 36 heavy (non-hydrogen) atoms. The third kappa shape index (κ3) is 3.54. The molecule has 5 heterocycles. The number of rotatable bonds is 3. The smallest absolute Gasteiger partial charge is 0.354 e. The Morgan fingerprint density at radius 3 is 2.33 bits per heavy atom. The summed E-state index contributed by atoms with van der Waals surface area (Å²) in [4.78, 5) is 14.6. The molecule has 2 saturated heterocycles. The van der Waals surface area contributed by atoms with Gasteiger partial charge in [-0.2, -0.15) is 13.2 Å². The zero-order valence-electron chi connectivity index (χ0n) is 20.2. The van der Waals surface area contributed by atoms with Crippen LogP contribution in [0, 0.1) is 12.3 Å². The van der Waals surface area contributed by atoms with Crippen molar-refractivity contribution in [3.05, 3.63) is 52.7 Å². The molecule has 0 unspecified atom stereocenters. The van der Waals surface area contributed by atoms with E-state index in [1.165, 1.54) is 18.7 Å². The molecule has 0 radical (unpaired) electrons. The number of anilines is 2. The van der Waals surface area contributed by atoms with Crippen LogP contribution in [0.3, 0.4) is 0 Å². The summed E-state index contributed by atoms with van der Waals surface area (Å²) in [7, 11) is 0. The van der Waals surface area contributed by atoms with E-state index >= 15 is 0 Å². The average molecular weight is 519 g/mol. The van der Waals surface area contributed by atoms with Gasteiger partial charge in [-0.05, 0) is 44.5 Å². The van der Waals surface area contributed by atoms with Gasteiger partial charge >= 0.3 is 6.18 Å². The van der Waals surface area contributed by atoms with E-state index in [1.54, 1.807) is 24.5 Å². The van der Waals surface area contributed by atoms with E-state index in [4.69, 9.17) is 11.6 Å². The Hall–Kier alpha value is -2.92. The lowest BCUT2D eigenvalue weighted by Gasteiger charge is -2.60. The number of halogens is 4. The van der Waals surface area contributed by atoms with Crippen LogP contribution >= 0.6 is 11.6 Å². The van der Waals surface area contributed by atoms with Gasteiger partial charge in [0.1, 0.15) is 11.4 Å². The van der Waals surface area contributed by atoms with Crippen molar-refractivity contribution in [2.45, 2.75) is 45.6 Å². The van der Waals surface area contributed by atoms with Gasteiger partial charge < -0.3 is 9.80 Å². The second-order valence-electron chi connectivity index (χ2n) is 10.6. The molecule has 3 aliphatic rings. The number of aromatic nitrogens is 5. The molecular weight excluding hydrogens is 493 g/mol. The van der Waals surface area contributed by atoms with Crippen LogP contribution in [-0.4, -0.2) is 67.5 Å². The Bertz CT molecular complexity index is 1320. The average Bonchev–Trinajstić information content (AvgIpc) is 3.07. The molecule has 0 atom stereocenters. The highest BCUT2D eigenvalue weighted by atomic mass is 35.5. The minimum atomic E-state index is -4.41. The normalized spacial score (nSPS) is 19.4. The lowest BCUT2D eigenvalue weighted by molar-refractivity contribution is -0.224. The third-order valence-corrected chi connectivity index (χ3v) is 7.95. The van der Waals surface area contributed by atoms with E-state index in [1.807, 2.05) is 17.6 Å². The number of fused-ring (bicyclic) bond motifs is 3. The summed E-state index contributed by atoms with van der Waals surface area (Å²) >= 11 is 6.26. The van der Waals surface area contributed by atoms with Crippen LogP contribution in [0.2, 0.25) is 5.02 Å². The lowest BCUT2D eigenvalue weighted by atomic mass is 9.73. The van der Waals surface area contributed by atoms with Crippen LogP contribution in [0.5, 0.6) is 0 Å². The Kier molecular flexibility index (Phi) is 5.08. The van der Waals surface area contributed by atoms with Crippen LogP contribution in [0.1, 0.15) is 30.9 Å². The molecule has 1 spiro atoms. The number of benzene rings is 1. The van der Waals surface area contributed by atoms with Gasteiger partial charge in [0.05, 0.1) is 17.9 Å². The summed E-state index contributed by atoms with van der Waals surface area (Å²) in [6, 6.07) is 5.33. The third-order valence-electron chi connectivity index (χ3n) is 7.72. The minimum Gasteiger partial charge on any atom is -0.354 e. The van der Waals surface area contributed by atoms with Gasteiger partial charge in [0.25, 0.3) is 0 Å². The zero-order chi connectivity index (χ0) is 25.5. The predicted molar refractivity (Wildman–Crippen MR) is 129 cm³/mol. The van der Waals surface area contributed by atoms with Crippen LogP contribution in [0.25, 0.3) is 5.69 Å². The van der Waals surface area contributed by atoms with Crippen molar-refractivity contribution in [2.24, 2.45) is 5.41 Å². The predicted octanol–water partition coefficient (Wildman–Crippen LogP) is 4.00. The Balaban J connectivity index is 1.28. The first-order valence-electron chi connectivity index (χ1n) is 11.8. The molecule has 2 fully saturated rings. The second kappa shape index (κ2) is 7.79. The minimum absolute atomic E-state index is 0.0184. The molecule has 3 aromatic rings. The molecule has 0 N–H and O–H groups in total. The summed E-state index contributed by atoms with van der Waals surface area (Å²) in [5.41, 5.74) is 0.466. The van der Waals surface area contributed by atoms with Gasteiger partial charge in [-0.3, -0.25) is 14.5 Å². The number of hydrogen-bond donors (Lipinski definition) is 0. The molecule has 6 rings (SSSR count). The fourth-order valence-electron chi connectivity index (χ4n) is 5.50. The van der Waals surface area contributed by atoms with Gasteiger partial charge in [0.15, 0.2) is 5.82 Å². The number of alkyl halides is 3. The number of hydrogen-bond acceptors (Lipinski definition) is 7. The SMILES string of the molecule is Cc1nccnc1N1CC2(C1)CN(c1nnc3n1-c1ccc(Cl)cc1CN(C(C)(C)C(F)(F)F)C3)C2. The van der Waals surface area contributed by atoms with Gasteiger partial charge in [-0.25, -0.2) is 4.98 Å². The van der Waals surface area contributed by atoms with E-state index in [0.29, 0.717) is 22.4 Å². The summed E-state index contributed by atoms with van der Waals surface area (Å²) in [5, 5.41) is 9.27. The van der Waals surface area contributed by atoms with E-state index < -0.39 is 11.7 Å². The van der Waals surface area contributed by atoms with E-state index in [9.17, 15) is 13.2 Å². The largest absolute Gasteiger partial charge is 0.406 e. The highest BCUT2D eigenvalue weighted by Crippen LogP contribution is 2.45. The Morgan fingerprint density at radius 2 is 1.64 bits per heavy atom. The van der Waals surface area contributed by atoms with E-state index in [2.05, 4.69) is 30.0 Å². The number of nitrogens with zero attached hydrogens (tertiary/aromatic N) is 8. The Labute approximate surface area is 211 Å². The molecule has 0 saturated carbocycles. The van der Waals surface area contributed by atoms with E-state index in [-0.39, 0.29) is 18.5 Å². The molecule has 8 nitrogen and oxygen atoms in total. The van der Waals surface area contributed by atoms with Crippen LogP contribution in [0.15, 0.2) is 30.6 Å². The summed E-state index contributed by atoms with van der Waals surface area (Å²) in [5.74, 6) is 2.05. The first-order chi connectivity index (χ1) is 17.0. The molecule has 0 bridgehead atoms. The molecule has 2 aromatic heterocycles. The van der Waals surface area contributed by atoms with Crippen molar-refractivity contribution < 1.29 is 13.2 Å². The van der Waals surface area contributed by atoms with E-state index in [0.717, 1.165) is 43.4 Å². The molecule has 1 aromatic carbocycles. The lowest BCUT2D eigenvalue weighted by Crippen LogP contribution is -2.73. The van der Waals surface area contributed by atoms with Gasteiger partial charge in [0, 0.05) is 55.6 Å². The highest BCUT2D eigenvalue weighted by Gasteiger charge is 2.55. The molecule has 3 aliphatic heterocycles. The fourth-order valence-corrected chi connectivity index (χ4v) is 5.69. The van der Waals surface area contributed by atoms with Gasteiger partial charge in [0.2, 0.25) is 5.95 Å². The van der Waals surface area contributed by atoms with Crippen molar-refractivity contribution in [3.8, 4) is 5.69 Å². The van der Waals surface area contributed by atoms with Crippen LogP contribution in [-0.2, 0) is 13.1 Å². The number of aryl methyl sites for hydroxylation is 1. The molecule has 0 amide bonds. The summed E-state index contributed by atoms with van der Waals surface area (Å²) in [6.45, 7) is 7.82. The summed E-state index contributed by atoms with van der Waals surface area (Å²) < 4.78 is 43.8. The molecule has 0 aliphatic carbocycles. The summed E-state index contributed by atoms with van der Waals surface area (Å²) in [6.07, 6.45) is -1.01. The molecule has 190 valence electrons. The first-order valence-corrected chi connectivity index (χ1v) is 12.2. The van der Waals surface area contributed by atoms with Gasteiger partial charge in [-0.1, -0.05) is 11.6 Å². The first kappa shape index (κ1) is 23.5. The maximum Gasteiger partial charge on any atom is 0.406 e. The van der Waals surface area contributed by atoms with Gasteiger partial charge in [-0.15, -0.1) is 10.2 Å². The highest BCUT2D eigenvalue weighted by molar-refractivity contribution is 6.30. The van der Waals surface area contributed by atoms with Crippen molar-refractivity contribution in [2.75, 3.05) is 36.0 Å². The maximum atomic E-state index is 14.0. The second-order valence-corrected chi connectivity index (χ2v) is 11.1. The Morgan fingerprint density at radius 1 is 0.944 bits per heavy atom.